The molecule has 0 radical (unpaired) electrons. The average Bonchev–Trinajstić information content (AvgIpc) is 2.69. The maximum absolute atomic E-state index is 12.6. The first kappa shape index (κ1) is 19.3. The Bertz CT molecular complexity index is 1100. The van der Waals surface area contributed by atoms with Crippen molar-refractivity contribution in [2.24, 2.45) is 5.10 Å². The van der Waals surface area contributed by atoms with Crippen molar-refractivity contribution in [1.82, 2.24) is 4.83 Å². The topological polar surface area (TPSA) is 87.6 Å². The molecule has 142 valence electrons. The number of anilines is 1. The summed E-state index contributed by atoms with van der Waals surface area (Å²) in [6.07, 6.45) is 1.42. The largest absolute Gasteiger partial charge is 0.322 e. The molecule has 0 heterocycles. The maximum atomic E-state index is 12.6. The summed E-state index contributed by atoms with van der Waals surface area (Å²) in [5.41, 5.74) is 2.14. The number of benzene rings is 3. The molecule has 0 bridgehead atoms. The summed E-state index contributed by atoms with van der Waals surface area (Å²) in [5.74, 6) is -0.393. The Kier molecular flexibility index (Phi) is 5.86. The Morgan fingerprint density at radius 2 is 1.57 bits per heavy atom. The van der Waals surface area contributed by atoms with E-state index < -0.39 is 15.9 Å². The molecule has 2 N–H and O–H groups in total. The lowest BCUT2D eigenvalue weighted by molar-refractivity contribution is 0.102. The van der Waals surface area contributed by atoms with Crippen LogP contribution in [0.1, 0.15) is 21.5 Å². The lowest BCUT2D eigenvalue weighted by Gasteiger charge is -2.10. The third kappa shape index (κ3) is 4.83. The second kappa shape index (κ2) is 8.49. The van der Waals surface area contributed by atoms with Crippen LogP contribution in [0, 0.1) is 6.92 Å². The van der Waals surface area contributed by atoms with E-state index in [1.165, 1.54) is 12.3 Å². The summed E-state index contributed by atoms with van der Waals surface area (Å²) in [6.45, 7) is 1.66. The molecule has 0 aliphatic rings. The van der Waals surface area contributed by atoms with E-state index in [4.69, 9.17) is 0 Å². The highest BCUT2D eigenvalue weighted by molar-refractivity contribution is 7.89. The van der Waals surface area contributed by atoms with Gasteiger partial charge in [-0.05, 0) is 42.3 Å². The molecule has 0 saturated carbocycles. The number of carbonyl (C=O) groups excluding carboxylic acids is 1. The molecule has 0 aliphatic carbocycles. The van der Waals surface area contributed by atoms with Gasteiger partial charge in [-0.15, -0.1) is 0 Å². The van der Waals surface area contributed by atoms with Crippen LogP contribution in [0.4, 0.5) is 5.69 Å². The zero-order valence-corrected chi connectivity index (χ0v) is 16.0. The summed E-state index contributed by atoms with van der Waals surface area (Å²) in [5, 5.41) is 6.55. The third-order valence-electron chi connectivity index (χ3n) is 3.96. The second-order valence-electron chi connectivity index (χ2n) is 6.06. The van der Waals surface area contributed by atoms with Gasteiger partial charge in [0, 0.05) is 11.3 Å². The Morgan fingerprint density at radius 1 is 0.929 bits per heavy atom. The van der Waals surface area contributed by atoms with Gasteiger partial charge in [0.1, 0.15) is 0 Å². The van der Waals surface area contributed by atoms with Crippen LogP contribution in [-0.2, 0) is 10.0 Å². The number of hydrogen-bond donors (Lipinski definition) is 2. The summed E-state index contributed by atoms with van der Waals surface area (Å²) in [4.78, 5) is 14.6. The van der Waals surface area contributed by atoms with Crippen LogP contribution in [0.5, 0.6) is 0 Å². The van der Waals surface area contributed by atoms with Gasteiger partial charge in [-0.1, -0.05) is 54.6 Å². The lowest BCUT2D eigenvalue weighted by atomic mass is 10.1. The van der Waals surface area contributed by atoms with Crippen molar-refractivity contribution in [3.8, 4) is 0 Å². The summed E-state index contributed by atoms with van der Waals surface area (Å²) in [7, 11) is -3.92. The Hall–Kier alpha value is -3.45. The van der Waals surface area contributed by atoms with Crippen molar-refractivity contribution in [3.05, 3.63) is 95.6 Å². The number of aryl methyl sites for hydroxylation is 1. The minimum Gasteiger partial charge on any atom is -0.322 e. The van der Waals surface area contributed by atoms with E-state index >= 15 is 0 Å². The smallest absolute Gasteiger partial charge is 0.276 e. The molecule has 0 aromatic heterocycles. The van der Waals surface area contributed by atoms with Gasteiger partial charge in [0.05, 0.1) is 11.1 Å². The van der Waals surface area contributed by atoms with Gasteiger partial charge in [-0.2, -0.15) is 13.5 Å². The number of hydrogen-bond acceptors (Lipinski definition) is 4. The number of sulfonamides is 1. The van der Waals surface area contributed by atoms with Crippen LogP contribution in [-0.4, -0.2) is 20.5 Å². The van der Waals surface area contributed by atoms with Gasteiger partial charge < -0.3 is 5.32 Å². The zero-order valence-electron chi connectivity index (χ0n) is 15.2. The molecule has 28 heavy (non-hydrogen) atoms. The van der Waals surface area contributed by atoms with E-state index in [1.807, 2.05) is 24.3 Å². The van der Waals surface area contributed by atoms with Crippen molar-refractivity contribution in [2.75, 3.05) is 5.32 Å². The van der Waals surface area contributed by atoms with Crippen LogP contribution >= 0.6 is 0 Å². The molecule has 3 aromatic carbocycles. The lowest BCUT2D eigenvalue weighted by Crippen LogP contribution is -2.20. The zero-order chi connectivity index (χ0) is 20.0. The number of nitrogens with one attached hydrogen (secondary N) is 2. The van der Waals surface area contributed by atoms with Crippen LogP contribution in [0.3, 0.4) is 0 Å². The van der Waals surface area contributed by atoms with Crippen molar-refractivity contribution in [3.63, 3.8) is 0 Å². The van der Waals surface area contributed by atoms with Crippen molar-refractivity contribution < 1.29 is 13.2 Å². The highest BCUT2D eigenvalue weighted by Crippen LogP contribution is 2.18. The Balaban J connectivity index is 1.80. The van der Waals surface area contributed by atoms with E-state index in [9.17, 15) is 13.2 Å². The SMILES string of the molecule is Cc1ccc(C(=O)Nc2ccccc2)cc1S(=O)(=O)N/N=C/c1ccccc1. The number of para-hydroxylation sites is 1. The monoisotopic (exact) mass is 393 g/mol. The van der Waals surface area contributed by atoms with Gasteiger partial charge in [0.15, 0.2) is 0 Å². The molecule has 7 heteroatoms. The normalized spacial score (nSPS) is 11.3. The van der Waals surface area contributed by atoms with Crippen LogP contribution in [0.15, 0.2) is 88.9 Å². The van der Waals surface area contributed by atoms with E-state index in [1.54, 1.807) is 55.5 Å². The molecule has 0 unspecified atom stereocenters. The maximum Gasteiger partial charge on any atom is 0.276 e. The fourth-order valence-corrected chi connectivity index (χ4v) is 3.58. The van der Waals surface area contributed by atoms with Gasteiger partial charge in [0.2, 0.25) is 0 Å². The highest BCUT2D eigenvalue weighted by atomic mass is 32.2. The van der Waals surface area contributed by atoms with E-state index in [0.29, 0.717) is 11.3 Å². The van der Waals surface area contributed by atoms with E-state index in [-0.39, 0.29) is 10.5 Å². The molecular formula is C21H19N3O3S. The van der Waals surface area contributed by atoms with Crippen molar-refractivity contribution >= 4 is 27.8 Å². The van der Waals surface area contributed by atoms with Gasteiger partial charge in [0.25, 0.3) is 15.9 Å². The van der Waals surface area contributed by atoms with Gasteiger partial charge >= 0.3 is 0 Å². The standard InChI is InChI=1S/C21H19N3O3S/c1-16-12-13-18(21(25)23-19-10-6-3-7-11-19)14-20(16)28(26,27)24-22-15-17-8-4-2-5-9-17/h2-15,24H,1H3,(H,23,25)/b22-15+. The van der Waals surface area contributed by atoms with Crippen molar-refractivity contribution in [2.45, 2.75) is 11.8 Å². The summed E-state index contributed by atoms with van der Waals surface area (Å²) in [6, 6.07) is 22.6. The molecule has 6 nitrogen and oxygen atoms in total. The molecular weight excluding hydrogens is 374 g/mol. The first-order chi connectivity index (χ1) is 13.5. The summed E-state index contributed by atoms with van der Waals surface area (Å²) >= 11 is 0. The van der Waals surface area contributed by atoms with E-state index in [2.05, 4.69) is 15.2 Å². The van der Waals surface area contributed by atoms with Crippen LogP contribution in [0.2, 0.25) is 0 Å². The first-order valence-electron chi connectivity index (χ1n) is 8.53. The number of hydrazone groups is 1. The predicted molar refractivity (Wildman–Crippen MR) is 110 cm³/mol. The first-order valence-corrected chi connectivity index (χ1v) is 10.0. The van der Waals surface area contributed by atoms with Crippen LogP contribution < -0.4 is 10.1 Å². The molecule has 0 spiro atoms. The highest BCUT2D eigenvalue weighted by Gasteiger charge is 2.18. The second-order valence-corrected chi connectivity index (χ2v) is 7.69. The number of amides is 1. The Labute approximate surface area is 164 Å². The molecule has 1 amide bonds. The third-order valence-corrected chi connectivity index (χ3v) is 5.32. The molecule has 0 aliphatic heterocycles. The van der Waals surface area contributed by atoms with Gasteiger partial charge in [-0.3, -0.25) is 4.79 Å². The number of rotatable bonds is 6. The fraction of sp³-hybridized carbons (Fsp3) is 0.0476. The molecule has 0 fully saturated rings. The predicted octanol–water partition coefficient (Wildman–Crippen LogP) is 3.56. The number of carbonyl (C=O) groups is 1. The minimum absolute atomic E-state index is 0.00146. The van der Waals surface area contributed by atoms with Crippen LogP contribution in [0.25, 0.3) is 0 Å². The van der Waals surface area contributed by atoms with Crippen molar-refractivity contribution in [1.29, 1.82) is 0 Å². The minimum atomic E-state index is -3.92. The average molecular weight is 393 g/mol. The molecule has 3 aromatic rings. The Morgan fingerprint density at radius 3 is 2.25 bits per heavy atom. The van der Waals surface area contributed by atoms with Gasteiger partial charge in [-0.25, -0.2) is 4.83 Å². The van der Waals surface area contributed by atoms with E-state index in [0.717, 1.165) is 5.56 Å². The molecule has 0 atom stereocenters. The quantitative estimate of drug-likeness (QED) is 0.496. The molecule has 0 saturated heterocycles. The molecule has 3 rings (SSSR count). The number of nitrogens with zero attached hydrogens (tertiary/aromatic N) is 1. The summed E-state index contributed by atoms with van der Waals surface area (Å²) < 4.78 is 25.2. The fourth-order valence-electron chi connectivity index (χ4n) is 2.51.